The predicted molar refractivity (Wildman–Crippen MR) is 91.2 cm³/mol. The van der Waals surface area contributed by atoms with Gasteiger partial charge in [0.15, 0.2) is 11.5 Å². The highest BCUT2D eigenvalue weighted by molar-refractivity contribution is 7.07. The lowest BCUT2D eigenvalue weighted by atomic mass is 10.2. The lowest BCUT2D eigenvalue weighted by Gasteiger charge is -2.12. The molecular weight excluding hydrogens is 312 g/mol. The summed E-state index contributed by atoms with van der Waals surface area (Å²) in [6.07, 6.45) is 2.05. The minimum atomic E-state index is -0.193. The van der Waals surface area contributed by atoms with Crippen LogP contribution in [0, 0.1) is 0 Å². The number of carbonyl (C=O) groups excluding carboxylic acids is 1. The quantitative estimate of drug-likeness (QED) is 0.644. The van der Waals surface area contributed by atoms with Crippen molar-refractivity contribution >= 4 is 17.3 Å². The largest absolute Gasteiger partial charge is 0.493 e. The molecule has 1 aromatic carbocycles. The topological polar surface area (TPSA) is 44.8 Å². The van der Waals surface area contributed by atoms with Crippen molar-refractivity contribution in [3.8, 4) is 11.5 Å². The van der Waals surface area contributed by atoms with Crippen LogP contribution in [0.1, 0.15) is 30.9 Å². The van der Waals surface area contributed by atoms with E-state index in [0.29, 0.717) is 24.5 Å². The van der Waals surface area contributed by atoms with Gasteiger partial charge < -0.3 is 14.2 Å². The van der Waals surface area contributed by atoms with Gasteiger partial charge in [-0.2, -0.15) is 11.3 Å². The number of ether oxygens (including phenoxy) is 3. The molecule has 0 N–H and O–H groups in total. The monoisotopic (exact) mass is 334 g/mol. The Labute approximate surface area is 141 Å². The second kappa shape index (κ2) is 9.20. The van der Waals surface area contributed by atoms with Crippen molar-refractivity contribution in [1.82, 2.24) is 0 Å². The van der Waals surface area contributed by atoms with Gasteiger partial charge in [0.1, 0.15) is 6.61 Å². The van der Waals surface area contributed by atoms with E-state index in [9.17, 15) is 4.79 Å². The Kier molecular flexibility index (Phi) is 6.94. The molecule has 1 aromatic heterocycles. The van der Waals surface area contributed by atoms with E-state index in [4.69, 9.17) is 14.2 Å². The number of rotatable bonds is 9. The van der Waals surface area contributed by atoms with E-state index in [0.717, 1.165) is 18.4 Å². The first-order chi connectivity index (χ1) is 11.2. The van der Waals surface area contributed by atoms with Crippen molar-refractivity contribution in [2.45, 2.75) is 32.8 Å². The molecule has 0 saturated heterocycles. The molecule has 0 bridgehead atoms. The predicted octanol–water partition coefficient (Wildman–Crippen LogP) is 4.22. The van der Waals surface area contributed by atoms with Crippen LogP contribution < -0.4 is 9.47 Å². The highest BCUT2D eigenvalue weighted by atomic mass is 32.1. The minimum absolute atomic E-state index is 0.193. The fraction of sp³-hybridized carbons (Fsp3) is 0.389. The van der Waals surface area contributed by atoms with E-state index in [1.54, 1.807) is 18.4 Å². The maximum Gasteiger partial charge on any atom is 0.306 e. The zero-order valence-electron chi connectivity index (χ0n) is 13.5. The van der Waals surface area contributed by atoms with Crippen molar-refractivity contribution < 1.29 is 19.0 Å². The van der Waals surface area contributed by atoms with Crippen molar-refractivity contribution in [3.63, 3.8) is 0 Å². The molecule has 0 unspecified atom stereocenters. The summed E-state index contributed by atoms with van der Waals surface area (Å²) in [6, 6.07) is 7.61. The summed E-state index contributed by atoms with van der Waals surface area (Å²) in [4.78, 5) is 11.8. The minimum Gasteiger partial charge on any atom is -0.493 e. The van der Waals surface area contributed by atoms with Gasteiger partial charge in [0.05, 0.1) is 13.7 Å². The molecule has 1 heterocycles. The smallest absolute Gasteiger partial charge is 0.306 e. The number of aryl methyl sites for hydroxylation is 1. The number of esters is 1. The van der Waals surface area contributed by atoms with Crippen LogP contribution in [0.25, 0.3) is 0 Å². The summed E-state index contributed by atoms with van der Waals surface area (Å²) < 4.78 is 16.2. The molecule has 5 heteroatoms. The van der Waals surface area contributed by atoms with Gasteiger partial charge in [0, 0.05) is 6.42 Å². The van der Waals surface area contributed by atoms with Crippen LogP contribution in [-0.4, -0.2) is 19.7 Å². The molecule has 0 saturated carbocycles. The standard InChI is InChI=1S/C18H22O4S/c1-3-9-21-16-6-4-15(11-17(16)20-2)12-22-18(19)7-5-14-8-10-23-13-14/h4,6,8,10-11,13H,3,5,7,9,12H2,1-2H3. The van der Waals surface area contributed by atoms with Crippen molar-refractivity contribution in [2.75, 3.05) is 13.7 Å². The van der Waals surface area contributed by atoms with Gasteiger partial charge in [-0.05, 0) is 52.9 Å². The Morgan fingerprint density at radius 1 is 1.17 bits per heavy atom. The number of methoxy groups -OCH3 is 1. The average Bonchev–Trinajstić information content (AvgIpc) is 3.10. The van der Waals surface area contributed by atoms with Crippen LogP contribution in [0.4, 0.5) is 0 Å². The maximum absolute atomic E-state index is 11.8. The van der Waals surface area contributed by atoms with Crippen LogP contribution >= 0.6 is 11.3 Å². The summed E-state index contributed by atoms with van der Waals surface area (Å²) in [5.41, 5.74) is 2.06. The van der Waals surface area contributed by atoms with E-state index >= 15 is 0 Å². The normalized spacial score (nSPS) is 10.3. The zero-order valence-corrected chi connectivity index (χ0v) is 14.4. The van der Waals surface area contributed by atoms with E-state index in [1.165, 1.54) is 5.56 Å². The molecule has 124 valence electrons. The summed E-state index contributed by atoms with van der Waals surface area (Å²) in [7, 11) is 1.60. The second-order valence-electron chi connectivity index (χ2n) is 5.13. The third-order valence-corrected chi connectivity index (χ3v) is 4.02. The lowest BCUT2D eigenvalue weighted by molar-refractivity contribution is -0.144. The molecule has 0 fully saturated rings. The third-order valence-electron chi connectivity index (χ3n) is 3.29. The van der Waals surface area contributed by atoms with E-state index in [1.807, 2.05) is 35.0 Å². The summed E-state index contributed by atoms with van der Waals surface area (Å²) in [6.45, 7) is 2.94. The number of carbonyl (C=O) groups is 1. The van der Waals surface area contributed by atoms with Crippen LogP contribution in [0.15, 0.2) is 35.0 Å². The molecule has 0 aliphatic rings. The van der Waals surface area contributed by atoms with Crippen LogP contribution in [0.2, 0.25) is 0 Å². The van der Waals surface area contributed by atoms with Gasteiger partial charge in [-0.15, -0.1) is 0 Å². The Morgan fingerprint density at radius 2 is 2.04 bits per heavy atom. The Hall–Kier alpha value is -2.01. The first kappa shape index (κ1) is 17.3. The zero-order chi connectivity index (χ0) is 16.5. The Balaban J connectivity index is 1.83. The average molecular weight is 334 g/mol. The highest BCUT2D eigenvalue weighted by Crippen LogP contribution is 2.28. The van der Waals surface area contributed by atoms with Gasteiger partial charge in [-0.3, -0.25) is 4.79 Å². The molecule has 0 aliphatic heterocycles. The Morgan fingerprint density at radius 3 is 2.74 bits per heavy atom. The summed E-state index contributed by atoms with van der Waals surface area (Å²) in [5.74, 6) is 1.17. The SMILES string of the molecule is CCCOc1ccc(COC(=O)CCc2ccsc2)cc1OC. The van der Waals surface area contributed by atoms with E-state index < -0.39 is 0 Å². The summed E-state index contributed by atoms with van der Waals surface area (Å²) in [5, 5.41) is 4.06. The lowest BCUT2D eigenvalue weighted by Crippen LogP contribution is -2.06. The van der Waals surface area contributed by atoms with Crippen LogP contribution in [-0.2, 0) is 22.6 Å². The van der Waals surface area contributed by atoms with Crippen LogP contribution in [0.5, 0.6) is 11.5 Å². The van der Waals surface area contributed by atoms with Crippen molar-refractivity contribution in [3.05, 3.63) is 46.2 Å². The van der Waals surface area contributed by atoms with Crippen LogP contribution in [0.3, 0.4) is 0 Å². The second-order valence-corrected chi connectivity index (χ2v) is 5.91. The molecule has 2 aromatic rings. The molecule has 0 radical (unpaired) electrons. The van der Waals surface area contributed by atoms with E-state index in [2.05, 4.69) is 6.92 Å². The molecular formula is C18H22O4S. The highest BCUT2D eigenvalue weighted by Gasteiger charge is 2.08. The molecule has 23 heavy (non-hydrogen) atoms. The molecule has 0 spiro atoms. The summed E-state index contributed by atoms with van der Waals surface area (Å²) >= 11 is 1.63. The third kappa shape index (κ3) is 5.60. The van der Waals surface area contributed by atoms with Gasteiger partial charge in [0.25, 0.3) is 0 Å². The van der Waals surface area contributed by atoms with Gasteiger partial charge in [-0.1, -0.05) is 13.0 Å². The molecule has 0 atom stereocenters. The molecule has 0 aliphatic carbocycles. The van der Waals surface area contributed by atoms with Gasteiger partial charge in [0.2, 0.25) is 0 Å². The van der Waals surface area contributed by atoms with Gasteiger partial charge >= 0.3 is 5.97 Å². The fourth-order valence-electron chi connectivity index (χ4n) is 2.05. The Bertz CT molecular complexity index is 607. The van der Waals surface area contributed by atoms with Crippen molar-refractivity contribution in [2.24, 2.45) is 0 Å². The fourth-order valence-corrected chi connectivity index (χ4v) is 2.75. The van der Waals surface area contributed by atoms with Gasteiger partial charge in [-0.25, -0.2) is 0 Å². The molecule has 0 amide bonds. The first-order valence-corrected chi connectivity index (χ1v) is 8.63. The first-order valence-electron chi connectivity index (χ1n) is 7.69. The number of hydrogen-bond donors (Lipinski definition) is 0. The number of hydrogen-bond acceptors (Lipinski definition) is 5. The van der Waals surface area contributed by atoms with Crippen molar-refractivity contribution in [1.29, 1.82) is 0 Å². The maximum atomic E-state index is 11.8. The molecule has 4 nitrogen and oxygen atoms in total. The molecule has 2 rings (SSSR count). The number of benzene rings is 1. The number of thiophene rings is 1. The van der Waals surface area contributed by atoms with E-state index in [-0.39, 0.29) is 12.6 Å².